The van der Waals surface area contributed by atoms with Crippen molar-refractivity contribution in [1.29, 1.82) is 0 Å². The third-order valence-corrected chi connectivity index (χ3v) is 9.39. The van der Waals surface area contributed by atoms with E-state index < -0.39 is 29.2 Å². The minimum absolute atomic E-state index is 0.634. The summed E-state index contributed by atoms with van der Waals surface area (Å²) in [4.78, 5) is 0. The van der Waals surface area contributed by atoms with Gasteiger partial charge in [-0.2, -0.15) is 0 Å². The highest BCUT2D eigenvalue weighted by Gasteiger charge is 2.66. The zero-order valence-corrected chi connectivity index (χ0v) is 24.5. The van der Waals surface area contributed by atoms with Crippen molar-refractivity contribution >= 4 is 0 Å². The normalized spacial score (nSPS) is 18.4. The van der Waals surface area contributed by atoms with Crippen molar-refractivity contribution in [2.45, 2.75) is 29.2 Å². The van der Waals surface area contributed by atoms with Gasteiger partial charge in [-0.15, -0.1) is 0 Å². The van der Waals surface area contributed by atoms with Crippen molar-refractivity contribution in [1.82, 2.24) is 0 Å². The van der Waals surface area contributed by atoms with E-state index in [1.54, 1.807) is 0 Å². The summed E-state index contributed by atoms with van der Waals surface area (Å²) >= 11 is 0. The Morgan fingerprint density at radius 2 is 0.644 bits per heavy atom. The number of hydrogen-bond acceptors (Lipinski definition) is 4. The number of rotatable bonds is 6. The fraction of sp³-hybridized carbons (Fsp3) is 0.122. The van der Waals surface area contributed by atoms with Gasteiger partial charge < -0.3 is 19.7 Å². The highest BCUT2D eigenvalue weighted by atomic mass is 16.8. The molecule has 8 rings (SSSR count). The molecule has 6 aromatic rings. The second-order valence-corrected chi connectivity index (χ2v) is 11.8. The van der Waals surface area contributed by atoms with Crippen LogP contribution >= 0.6 is 0 Å². The predicted molar refractivity (Wildman–Crippen MR) is 174 cm³/mol. The van der Waals surface area contributed by atoms with Gasteiger partial charge in [-0.1, -0.05) is 170 Å². The zero-order valence-electron chi connectivity index (χ0n) is 24.5. The summed E-state index contributed by atoms with van der Waals surface area (Å²) in [5, 5.41) is 26.6. The summed E-state index contributed by atoms with van der Waals surface area (Å²) in [7, 11) is 0. The van der Waals surface area contributed by atoms with E-state index in [0.29, 0.717) is 22.3 Å². The van der Waals surface area contributed by atoms with E-state index >= 15 is 0 Å². The lowest BCUT2D eigenvalue weighted by Crippen LogP contribution is -2.54. The average Bonchev–Trinajstić information content (AvgIpc) is 3.67. The lowest BCUT2D eigenvalue weighted by molar-refractivity contribution is -0.173. The molecule has 2 aliphatic rings. The van der Waals surface area contributed by atoms with Crippen LogP contribution in [-0.4, -0.2) is 22.4 Å². The van der Waals surface area contributed by atoms with Crippen LogP contribution in [0.5, 0.6) is 0 Å². The lowest BCUT2D eigenvalue weighted by Gasteiger charge is -2.42. The van der Waals surface area contributed by atoms with E-state index in [-0.39, 0.29) is 0 Å². The topological polar surface area (TPSA) is 58.9 Å². The van der Waals surface area contributed by atoms with Crippen molar-refractivity contribution in [2.24, 2.45) is 0 Å². The average molecular weight is 589 g/mol. The highest BCUT2D eigenvalue weighted by molar-refractivity contribution is 5.79. The standard InChI is InChI=1S/C41H32O4/c42-39(29-17-5-1-6-18-29,30-19-7-2-8-20-30)37-38(40(43,31-21-9-3-10-22-31)32-23-11-4-12-24-32)45-41(44-37)35-27-15-13-25-33(35)34-26-14-16-28-36(34)41/h1-28,37-38,42-43H/t37-,38-/m0/s1. The molecule has 1 saturated heterocycles. The second-order valence-electron chi connectivity index (χ2n) is 11.8. The Morgan fingerprint density at radius 1 is 0.378 bits per heavy atom. The Kier molecular flexibility index (Phi) is 6.56. The molecule has 0 bridgehead atoms. The summed E-state index contributed by atoms with van der Waals surface area (Å²) < 4.78 is 14.6. The summed E-state index contributed by atoms with van der Waals surface area (Å²) in [6.45, 7) is 0. The number of benzene rings is 6. The first kappa shape index (κ1) is 27.7. The van der Waals surface area contributed by atoms with Gasteiger partial charge in [-0.3, -0.25) is 0 Å². The molecule has 1 aliphatic carbocycles. The first-order valence-electron chi connectivity index (χ1n) is 15.3. The van der Waals surface area contributed by atoms with Crippen LogP contribution < -0.4 is 0 Å². The Bertz CT molecular complexity index is 1720. The van der Waals surface area contributed by atoms with Crippen LogP contribution in [0, 0.1) is 0 Å². The monoisotopic (exact) mass is 588 g/mol. The molecule has 0 radical (unpaired) electrons. The first-order chi connectivity index (χ1) is 22.1. The highest BCUT2D eigenvalue weighted by Crippen LogP contribution is 2.60. The number of hydrogen-bond donors (Lipinski definition) is 2. The van der Waals surface area contributed by atoms with Gasteiger partial charge in [0.1, 0.15) is 23.4 Å². The fourth-order valence-corrected chi connectivity index (χ4v) is 7.29. The van der Waals surface area contributed by atoms with Gasteiger partial charge in [-0.25, -0.2) is 0 Å². The molecule has 1 heterocycles. The molecule has 1 aliphatic heterocycles. The number of fused-ring (bicyclic) bond motifs is 5. The van der Waals surface area contributed by atoms with E-state index in [1.165, 1.54) is 0 Å². The lowest BCUT2D eigenvalue weighted by atomic mass is 9.72. The molecule has 1 spiro atoms. The molecule has 4 heteroatoms. The molecule has 0 saturated carbocycles. The zero-order chi connectivity index (χ0) is 30.5. The van der Waals surface area contributed by atoms with Crippen LogP contribution in [-0.2, 0) is 26.5 Å². The van der Waals surface area contributed by atoms with Gasteiger partial charge in [0.05, 0.1) is 0 Å². The molecule has 220 valence electrons. The Labute approximate surface area is 262 Å². The summed E-state index contributed by atoms with van der Waals surface area (Å²) in [6, 6.07) is 54.3. The van der Waals surface area contributed by atoms with Crippen molar-refractivity contribution < 1.29 is 19.7 Å². The van der Waals surface area contributed by atoms with Gasteiger partial charge in [0, 0.05) is 11.1 Å². The van der Waals surface area contributed by atoms with Crippen molar-refractivity contribution in [3.8, 4) is 11.1 Å². The summed E-state index contributed by atoms with van der Waals surface area (Å²) in [6.07, 6.45) is -2.15. The number of aliphatic hydroxyl groups is 2. The largest absolute Gasteiger partial charge is 0.378 e. The second kappa shape index (κ2) is 10.7. The third kappa shape index (κ3) is 4.08. The molecule has 2 N–H and O–H groups in total. The smallest absolute Gasteiger partial charge is 0.224 e. The van der Waals surface area contributed by atoms with Crippen molar-refractivity contribution in [3.63, 3.8) is 0 Å². The molecule has 1 fully saturated rings. The maximum Gasteiger partial charge on any atom is 0.224 e. The molecule has 0 amide bonds. The molecule has 45 heavy (non-hydrogen) atoms. The SMILES string of the molecule is OC(c1ccccc1)(c1ccccc1)[C@H]1OC2(O[C@@H]1C(O)(c1ccccc1)c1ccccc1)c1ccccc1-c1ccccc12. The Balaban J connectivity index is 1.45. The molecular weight excluding hydrogens is 556 g/mol. The van der Waals surface area contributed by atoms with Crippen LogP contribution in [0.3, 0.4) is 0 Å². The minimum atomic E-state index is -1.72. The van der Waals surface area contributed by atoms with E-state index in [4.69, 9.17) is 9.47 Å². The predicted octanol–water partition coefficient (Wildman–Crippen LogP) is 7.52. The number of ether oxygens (including phenoxy) is 2. The van der Waals surface area contributed by atoms with Gasteiger partial charge >= 0.3 is 0 Å². The van der Waals surface area contributed by atoms with Crippen LogP contribution in [0.1, 0.15) is 33.4 Å². The minimum Gasteiger partial charge on any atom is -0.378 e. The van der Waals surface area contributed by atoms with Crippen LogP contribution in [0.25, 0.3) is 11.1 Å². The maximum atomic E-state index is 13.3. The van der Waals surface area contributed by atoms with Crippen LogP contribution in [0.15, 0.2) is 170 Å². The van der Waals surface area contributed by atoms with E-state index in [2.05, 4.69) is 12.1 Å². The summed E-state index contributed by atoms with van der Waals surface area (Å²) in [5.41, 5.74) is 2.77. The third-order valence-electron chi connectivity index (χ3n) is 9.39. The first-order valence-corrected chi connectivity index (χ1v) is 15.3. The van der Waals surface area contributed by atoms with Crippen LogP contribution in [0.2, 0.25) is 0 Å². The molecule has 0 aromatic heterocycles. The Hall–Kier alpha value is -4.84. The van der Waals surface area contributed by atoms with E-state index in [9.17, 15) is 10.2 Å². The maximum absolute atomic E-state index is 13.3. The van der Waals surface area contributed by atoms with Gasteiger partial charge in [0.2, 0.25) is 5.79 Å². The van der Waals surface area contributed by atoms with Crippen LogP contribution in [0.4, 0.5) is 0 Å². The van der Waals surface area contributed by atoms with Gasteiger partial charge in [0.25, 0.3) is 0 Å². The van der Waals surface area contributed by atoms with E-state index in [0.717, 1.165) is 22.3 Å². The Morgan fingerprint density at radius 3 is 0.956 bits per heavy atom. The quantitative estimate of drug-likeness (QED) is 0.211. The van der Waals surface area contributed by atoms with Gasteiger partial charge in [-0.05, 0) is 33.4 Å². The molecule has 4 nitrogen and oxygen atoms in total. The summed E-state index contributed by atoms with van der Waals surface area (Å²) in [5.74, 6) is -1.39. The van der Waals surface area contributed by atoms with Crippen molar-refractivity contribution in [3.05, 3.63) is 203 Å². The van der Waals surface area contributed by atoms with Gasteiger partial charge in [0.15, 0.2) is 0 Å². The van der Waals surface area contributed by atoms with Crippen molar-refractivity contribution in [2.75, 3.05) is 0 Å². The fourth-order valence-electron chi connectivity index (χ4n) is 7.29. The molecule has 2 atom stereocenters. The molecule has 6 aromatic carbocycles. The van der Waals surface area contributed by atoms with E-state index in [1.807, 2.05) is 158 Å². The molecular formula is C41H32O4. The molecule has 0 unspecified atom stereocenters.